The van der Waals surface area contributed by atoms with E-state index in [0.29, 0.717) is 6.54 Å². The van der Waals surface area contributed by atoms with E-state index in [0.717, 1.165) is 26.5 Å². The Hall–Kier alpha value is -0.150. The van der Waals surface area contributed by atoms with Crippen LogP contribution in [0.4, 0.5) is 4.39 Å². The summed E-state index contributed by atoms with van der Waals surface area (Å²) >= 11 is 0. The minimum Gasteiger partial charge on any atom is -0.400 e. The molecule has 2 nitrogen and oxygen atoms in total. The Morgan fingerprint density at radius 2 is 2.22 bits per heavy atom. The highest BCUT2D eigenvalue weighted by atomic mass is 19.1. The predicted octanol–water partition coefficient (Wildman–Crippen LogP) is 0.316. The smallest absolute Gasteiger partial charge is 0.113 e. The lowest BCUT2D eigenvalue weighted by molar-refractivity contribution is 0.266. The second-order valence-electron chi connectivity index (χ2n) is 1.94. The lowest BCUT2D eigenvalue weighted by Gasteiger charge is -2.14. The van der Waals surface area contributed by atoms with Gasteiger partial charge in [0.05, 0.1) is 0 Å². The summed E-state index contributed by atoms with van der Waals surface area (Å²) in [5, 5.41) is 9.96. The molecule has 3 heteroatoms. The molecule has 1 aliphatic rings. The van der Waals surface area contributed by atoms with E-state index >= 15 is 0 Å². The van der Waals surface area contributed by atoms with Crippen molar-refractivity contribution in [1.82, 2.24) is 5.32 Å². The first kappa shape index (κ1) is 8.85. The van der Waals surface area contributed by atoms with Crippen LogP contribution in [0.5, 0.6) is 0 Å². The minimum atomic E-state index is -0.575. The first-order valence-electron chi connectivity index (χ1n) is 3.19. The molecule has 0 amide bonds. The van der Waals surface area contributed by atoms with Crippen LogP contribution in [0.3, 0.4) is 0 Å². The maximum Gasteiger partial charge on any atom is 0.113 e. The van der Waals surface area contributed by atoms with Gasteiger partial charge in [-0.25, -0.2) is 4.39 Å². The number of aliphatic hydroxyl groups excluding tert-OH is 1. The van der Waals surface area contributed by atoms with Crippen molar-refractivity contribution < 1.29 is 9.50 Å². The Morgan fingerprint density at radius 1 is 1.56 bits per heavy atom. The zero-order chi connectivity index (χ0) is 7.11. The van der Waals surface area contributed by atoms with Crippen LogP contribution >= 0.6 is 0 Å². The summed E-state index contributed by atoms with van der Waals surface area (Å²) in [6, 6.07) is 0. The van der Waals surface area contributed by atoms with E-state index < -0.39 is 6.17 Å². The van der Waals surface area contributed by atoms with Gasteiger partial charge in [0, 0.05) is 13.7 Å². The molecule has 1 saturated heterocycles. The van der Waals surface area contributed by atoms with E-state index in [1.165, 1.54) is 0 Å². The molecular weight excluding hydrogens is 121 g/mol. The van der Waals surface area contributed by atoms with Crippen LogP contribution in [-0.4, -0.2) is 31.5 Å². The van der Waals surface area contributed by atoms with E-state index in [4.69, 9.17) is 5.11 Å². The zero-order valence-electron chi connectivity index (χ0n) is 5.73. The third-order valence-corrected chi connectivity index (χ3v) is 1.24. The standard InChI is InChI=1S/C5H10FN.CH4O/c6-5-2-1-3-7-4-5;1-2/h5,7H,1-4H2;2H,1H3. The fourth-order valence-electron chi connectivity index (χ4n) is 0.809. The number of piperidine rings is 1. The average molecular weight is 135 g/mol. The van der Waals surface area contributed by atoms with Crippen molar-refractivity contribution in [2.75, 3.05) is 20.2 Å². The molecule has 0 saturated carbocycles. The van der Waals surface area contributed by atoms with Crippen LogP contribution in [0.15, 0.2) is 0 Å². The van der Waals surface area contributed by atoms with Crippen LogP contribution in [-0.2, 0) is 0 Å². The summed E-state index contributed by atoms with van der Waals surface area (Å²) in [7, 11) is 1.00. The maximum atomic E-state index is 12.1. The highest BCUT2D eigenvalue weighted by Crippen LogP contribution is 2.03. The Labute approximate surface area is 55.1 Å². The van der Waals surface area contributed by atoms with Crippen LogP contribution in [0, 0.1) is 0 Å². The third kappa shape index (κ3) is 4.36. The molecule has 1 rings (SSSR count). The van der Waals surface area contributed by atoms with Crippen LogP contribution in [0.25, 0.3) is 0 Å². The fraction of sp³-hybridized carbons (Fsp3) is 1.00. The molecule has 1 aliphatic heterocycles. The Kier molecular flexibility index (Phi) is 5.88. The highest BCUT2D eigenvalue weighted by Gasteiger charge is 2.08. The number of aliphatic hydroxyl groups is 1. The Morgan fingerprint density at radius 3 is 2.44 bits per heavy atom. The largest absolute Gasteiger partial charge is 0.400 e. The number of rotatable bonds is 0. The van der Waals surface area contributed by atoms with Gasteiger partial charge in [0.15, 0.2) is 0 Å². The summed E-state index contributed by atoms with van der Waals surface area (Å²) in [4.78, 5) is 0. The van der Waals surface area contributed by atoms with Crippen molar-refractivity contribution in [3.05, 3.63) is 0 Å². The molecule has 0 spiro atoms. The second-order valence-corrected chi connectivity index (χ2v) is 1.94. The van der Waals surface area contributed by atoms with Gasteiger partial charge in [-0.1, -0.05) is 0 Å². The van der Waals surface area contributed by atoms with E-state index in [1.54, 1.807) is 0 Å². The van der Waals surface area contributed by atoms with Gasteiger partial charge < -0.3 is 10.4 Å². The van der Waals surface area contributed by atoms with Crippen LogP contribution in [0.1, 0.15) is 12.8 Å². The van der Waals surface area contributed by atoms with Crippen molar-refractivity contribution >= 4 is 0 Å². The van der Waals surface area contributed by atoms with Crippen molar-refractivity contribution in [2.24, 2.45) is 0 Å². The van der Waals surface area contributed by atoms with Gasteiger partial charge in [-0.05, 0) is 19.4 Å². The minimum absolute atomic E-state index is 0.569. The molecule has 2 N–H and O–H groups in total. The normalized spacial score (nSPS) is 26.3. The van der Waals surface area contributed by atoms with E-state index in [9.17, 15) is 4.39 Å². The summed E-state index contributed by atoms with van der Waals surface area (Å²) < 4.78 is 12.1. The van der Waals surface area contributed by atoms with E-state index in [-0.39, 0.29) is 0 Å². The number of alkyl halides is 1. The van der Waals surface area contributed by atoms with E-state index in [1.807, 2.05) is 0 Å². The van der Waals surface area contributed by atoms with Gasteiger partial charge in [0.25, 0.3) is 0 Å². The second kappa shape index (κ2) is 5.98. The number of hydrogen-bond donors (Lipinski definition) is 2. The van der Waals surface area contributed by atoms with Gasteiger partial charge in [-0.3, -0.25) is 0 Å². The molecule has 0 aromatic rings. The summed E-state index contributed by atoms with van der Waals surface area (Å²) in [6.07, 6.45) is 1.18. The first-order chi connectivity index (χ1) is 4.39. The molecule has 1 atom stereocenters. The van der Waals surface area contributed by atoms with Gasteiger partial charge in [0.1, 0.15) is 6.17 Å². The molecule has 0 aromatic heterocycles. The quantitative estimate of drug-likeness (QED) is 0.501. The molecule has 1 unspecified atom stereocenters. The summed E-state index contributed by atoms with van der Waals surface area (Å²) in [5.74, 6) is 0. The Bertz CT molecular complexity index is 55.0. The molecule has 9 heavy (non-hydrogen) atoms. The van der Waals surface area contributed by atoms with Gasteiger partial charge in [0.2, 0.25) is 0 Å². The lowest BCUT2D eigenvalue weighted by atomic mass is 10.1. The van der Waals surface area contributed by atoms with Crippen molar-refractivity contribution in [2.45, 2.75) is 19.0 Å². The summed E-state index contributed by atoms with van der Waals surface area (Å²) in [6.45, 7) is 1.57. The van der Waals surface area contributed by atoms with Gasteiger partial charge in [-0.15, -0.1) is 0 Å². The zero-order valence-corrected chi connectivity index (χ0v) is 5.73. The molecule has 1 fully saturated rings. The van der Waals surface area contributed by atoms with E-state index in [2.05, 4.69) is 5.32 Å². The SMILES string of the molecule is CO.FC1CCCNC1. The average Bonchev–Trinajstić information content (AvgIpc) is 1.94. The summed E-state index contributed by atoms with van der Waals surface area (Å²) in [5.41, 5.74) is 0. The predicted molar refractivity (Wildman–Crippen MR) is 35.1 cm³/mol. The molecule has 56 valence electrons. The molecule has 1 heterocycles. The number of nitrogens with one attached hydrogen (secondary N) is 1. The van der Waals surface area contributed by atoms with Gasteiger partial charge >= 0.3 is 0 Å². The molecule has 0 aliphatic carbocycles. The fourth-order valence-corrected chi connectivity index (χ4v) is 0.809. The maximum absolute atomic E-state index is 12.1. The van der Waals surface area contributed by atoms with Crippen LogP contribution in [0.2, 0.25) is 0 Å². The Balaban J connectivity index is 0.000000291. The molecular formula is C6H14FNO. The number of hydrogen-bond acceptors (Lipinski definition) is 2. The number of halogens is 1. The monoisotopic (exact) mass is 135 g/mol. The van der Waals surface area contributed by atoms with Crippen molar-refractivity contribution in [3.63, 3.8) is 0 Å². The van der Waals surface area contributed by atoms with Crippen molar-refractivity contribution in [1.29, 1.82) is 0 Å². The first-order valence-corrected chi connectivity index (χ1v) is 3.19. The van der Waals surface area contributed by atoms with Gasteiger partial charge in [-0.2, -0.15) is 0 Å². The van der Waals surface area contributed by atoms with Crippen molar-refractivity contribution in [3.8, 4) is 0 Å². The third-order valence-electron chi connectivity index (χ3n) is 1.24. The highest BCUT2D eigenvalue weighted by molar-refractivity contribution is 4.66. The topological polar surface area (TPSA) is 32.3 Å². The molecule has 0 bridgehead atoms. The van der Waals surface area contributed by atoms with Crippen LogP contribution < -0.4 is 5.32 Å². The molecule has 0 aromatic carbocycles. The lowest BCUT2D eigenvalue weighted by Crippen LogP contribution is -2.30. The molecule has 0 radical (unpaired) electrons.